The van der Waals surface area contributed by atoms with Crippen molar-refractivity contribution in [2.75, 3.05) is 12.3 Å². The molecule has 1 aliphatic heterocycles. The van der Waals surface area contributed by atoms with Crippen LogP contribution in [0.25, 0.3) is 11.2 Å². The van der Waals surface area contributed by atoms with Gasteiger partial charge in [0.25, 0.3) is 0 Å². The van der Waals surface area contributed by atoms with E-state index in [9.17, 15) is 10.2 Å². The Morgan fingerprint density at radius 2 is 2.11 bits per heavy atom. The van der Waals surface area contributed by atoms with E-state index in [4.69, 9.17) is 15.6 Å². The van der Waals surface area contributed by atoms with E-state index in [1.165, 1.54) is 17.1 Å². The van der Waals surface area contributed by atoms with Crippen molar-refractivity contribution in [3.63, 3.8) is 0 Å². The molecule has 0 unspecified atom stereocenters. The lowest BCUT2D eigenvalue weighted by Crippen LogP contribution is -2.33. The average Bonchev–Trinajstić information content (AvgIpc) is 2.92. The van der Waals surface area contributed by atoms with Gasteiger partial charge >= 0.3 is 0 Å². The summed E-state index contributed by atoms with van der Waals surface area (Å²) in [4.78, 5) is 11.9. The molecule has 0 aromatic carbocycles. The summed E-state index contributed by atoms with van der Waals surface area (Å²) in [5, 5.41) is 28.7. The fraction of sp³-hybridized carbons (Fsp3) is 0.500. The molecule has 19 heavy (non-hydrogen) atoms. The van der Waals surface area contributed by atoms with Crippen LogP contribution in [0.3, 0.4) is 0 Å². The third-order valence-corrected chi connectivity index (χ3v) is 3.13. The zero-order valence-electron chi connectivity index (χ0n) is 9.79. The highest BCUT2D eigenvalue weighted by Gasteiger charge is 2.43. The highest BCUT2D eigenvalue weighted by molar-refractivity contribution is 5.70. The van der Waals surface area contributed by atoms with Crippen LogP contribution < -0.4 is 5.73 Å². The topological polar surface area (TPSA) is 140 Å². The molecule has 3 rings (SSSR count). The van der Waals surface area contributed by atoms with Gasteiger partial charge in [0.05, 0.1) is 19.1 Å². The third kappa shape index (κ3) is 1.83. The Balaban J connectivity index is 2.03. The van der Waals surface area contributed by atoms with Gasteiger partial charge in [-0.1, -0.05) is 0 Å². The number of fused-ring (bicyclic) bond motifs is 1. The summed E-state index contributed by atoms with van der Waals surface area (Å²) in [6.07, 6.45) is -1.23. The molecule has 0 aliphatic carbocycles. The van der Waals surface area contributed by atoms with Crippen molar-refractivity contribution in [3.05, 3.63) is 12.5 Å². The summed E-state index contributed by atoms with van der Waals surface area (Å²) in [7, 11) is 0. The van der Waals surface area contributed by atoms with Crippen LogP contribution in [0.2, 0.25) is 0 Å². The number of aromatic nitrogens is 4. The second-order valence-corrected chi connectivity index (χ2v) is 4.32. The van der Waals surface area contributed by atoms with Crippen molar-refractivity contribution in [2.24, 2.45) is 0 Å². The zero-order valence-corrected chi connectivity index (χ0v) is 9.79. The number of imidazole rings is 1. The second-order valence-electron chi connectivity index (χ2n) is 4.32. The molecule has 1 saturated heterocycles. The Morgan fingerprint density at radius 3 is 2.79 bits per heavy atom. The quantitative estimate of drug-likeness (QED) is 0.491. The van der Waals surface area contributed by atoms with Crippen molar-refractivity contribution in [1.82, 2.24) is 19.5 Å². The summed E-state index contributed by atoms with van der Waals surface area (Å²) in [6.45, 7) is -0.390. The largest absolute Gasteiger partial charge is 0.394 e. The highest BCUT2D eigenvalue weighted by atomic mass is 16.6. The number of aliphatic hydroxyl groups excluding tert-OH is 3. The van der Waals surface area contributed by atoms with Crippen molar-refractivity contribution in [1.29, 1.82) is 0 Å². The molecule has 1 fully saturated rings. The zero-order chi connectivity index (χ0) is 13.6. The molecule has 9 nitrogen and oxygen atoms in total. The normalized spacial score (nSPS) is 31.1. The van der Waals surface area contributed by atoms with Crippen molar-refractivity contribution >= 4 is 17.1 Å². The van der Waals surface area contributed by atoms with Gasteiger partial charge in [0.15, 0.2) is 11.9 Å². The highest BCUT2D eigenvalue weighted by Crippen LogP contribution is 2.31. The molecule has 0 saturated carbocycles. The van der Waals surface area contributed by atoms with Crippen LogP contribution in [0, 0.1) is 0 Å². The average molecular weight is 267 g/mol. The molecule has 0 spiro atoms. The first-order valence-corrected chi connectivity index (χ1v) is 5.69. The number of aliphatic hydroxyl groups is 3. The molecule has 9 heteroatoms. The predicted molar refractivity (Wildman–Crippen MR) is 62.7 cm³/mol. The van der Waals surface area contributed by atoms with Crippen molar-refractivity contribution < 1.29 is 20.1 Å². The van der Waals surface area contributed by atoms with Crippen LogP contribution in [0.5, 0.6) is 0 Å². The van der Waals surface area contributed by atoms with E-state index in [1.54, 1.807) is 0 Å². The molecule has 5 N–H and O–H groups in total. The van der Waals surface area contributed by atoms with Crippen molar-refractivity contribution in [2.45, 2.75) is 24.5 Å². The molecule has 2 aromatic heterocycles. The molecular weight excluding hydrogens is 254 g/mol. The number of nitrogens with zero attached hydrogens (tertiary/aromatic N) is 4. The van der Waals surface area contributed by atoms with E-state index < -0.39 is 31.1 Å². The smallest absolute Gasteiger partial charge is 0.222 e. The van der Waals surface area contributed by atoms with E-state index in [0.717, 1.165) is 0 Å². The number of ether oxygens (including phenoxy) is 1. The fourth-order valence-electron chi connectivity index (χ4n) is 2.14. The van der Waals surface area contributed by atoms with E-state index in [0.29, 0.717) is 11.2 Å². The summed E-state index contributed by atoms with van der Waals surface area (Å²) >= 11 is 0. The maximum atomic E-state index is 9.95. The Morgan fingerprint density at radius 1 is 1.32 bits per heavy atom. The molecule has 1 aliphatic rings. The molecule has 2 aromatic rings. The standard InChI is InChI=1S/C10H13N5O4/c11-10-12-1-4-8(14-10)15(3-13-4)9-7(18)6(17)5(2-16)19-9/h1,3,5-7,9,16-18H,2H2,(H2,11,12,14)/t5-,6+,7+,9+/m0/s1. The van der Waals surface area contributed by atoms with E-state index in [1.807, 2.05) is 0 Å². The van der Waals surface area contributed by atoms with Crippen LogP contribution >= 0.6 is 0 Å². The lowest BCUT2D eigenvalue weighted by atomic mass is 10.1. The minimum Gasteiger partial charge on any atom is -0.394 e. The molecular formula is C10H13N5O4. The van der Waals surface area contributed by atoms with Crippen LogP contribution in [0.15, 0.2) is 12.5 Å². The Hall–Kier alpha value is -1.81. The van der Waals surface area contributed by atoms with Gasteiger partial charge in [-0.05, 0) is 0 Å². The lowest BCUT2D eigenvalue weighted by Gasteiger charge is -2.16. The first-order chi connectivity index (χ1) is 9.11. The predicted octanol–water partition coefficient (Wildman–Crippen LogP) is -1.98. The lowest BCUT2D eigenvalue weighted by molar-refractivity contribution is -0.0511. The van der Waals surface area contributed by atoms with Gasteiger partial charge in [0.2, 0.25) is 5.95 Å². The van der Waals surface area contributed by atoms with Crippen LogP contribution in [0.1, 0.15) is 6.23 Å². The Kier molecular flexibility index (Phi) is 2.82. The van der Waals surface area contributed by atoms with E-state index >= 15 is 0 Å². The number of hydrogen-bond donors (Lipinski definition) is 4. The first kappa shape index (κ1) is 12.2. The summed E-state index contributed by atoms with van der Waals surface area (Å²) in [5.74, 6) is 0.0704. The van der Waals surface area contributed by atoms with Gasteiger partial charge < -0.3 is 25.8 Å². The number of hydrogen-bond acceptors (Lipinski definition) is 8. The van der Waals surface area contributed by atoms with E-state index in [-0.39, 0.29) is 5.95 Å². The maximum Gasteiger partial charge on any atom is 0.222 e. The molecule has 0 bridgehead atoms. The SMILES string of the molecule is Nc1ncc2ncn([C@@H]3O[C@@H](CO)[C@@H](O)[C@H]3O)c2n1. The van der Waals surface area contributed by atoms with Crippen LogP contribution in [0.4, 0.5) is 5.95 Å². The minimum absolute atomic E-state index is 0.0704. The molecule has 102 valence electrons. The molecule has 3 heterocycles. The van der Waals surface area contributed by atoms with Gasteiger partial charge in [-0.15, -0.1) is 0 Å². The van der Waals surface area contributed by atoms with Gasteiger partial charge in [-0.2, -0.15) is 4.98 Å². The monoisotopic (exact) mass is 267 g/mol. The van der Waals surface area contributed by atoms with Gasteiger partial charge in [0, 0.05) is 0 Å². The second kappa shape index (κ2) is 4.38. The Bertz CT molecular complexity index is 603. The van der Waals surface area contributed by atoms with Gasteiger partial charge in [-0.25, -0.2) is 9.97 Å². The number of anilines is 1. The molecule has 4 atom stereocenters. The van der Waals surface area contributed by atoms with Gasteiger partial charge in [0.1, 0.15) is 23.8 Å². The summed E-state index contributed by atoms with van der Waals surface area (Å²) in [6, 6.07) is 0. The Labute approximate surface area is 107 Å². The summed E-state index contributed by atoms with van der Waals surface area (Å²) < 4.78 is 6.85. The number of nitrogen functional groups attached to an aromatic ring is 1. The summed E-state index contributed by atoms with van der Waals surface area (Å²) in [5.41, 5.74) is 6.39. The number of nitrogens with two attached hydrogens (primary N) is 1. The fourth-order valence-corrected chi connectivity index (χ4v) is 2.14. The third-order valence-electron chi connectivity index (χ3n) is 3.13. The van der Waals surface area contributed by atoms with E-state index in [2.05, 4.69) is 15.0 Å². The first-order valence-electron chi connectivity index (χ1n) is 5.69. The minimum atomic E-state index is -1.19. The van der Waals surface area contributed by atoms with Crippen LogP contribution in [-0.2, 0) is 4.74 Å². The van der Waals surface area contributed by atoms with Crippen LogP contribution in [-0.4, -0.2) is 59.8 Å². The molecule has 0 radical (unpaired) electrons. The van der Waals surface area contributed by atoms with Gasteiger partial charge in [-0.3, -0.25) is 4.57 Å². The van der Waals surface area contributed by atoms with Crippen molar-refractivity contribution in [3.8, 4) is 0 Å². The maximum absolute atomic E-state index is 9.95. The molecule has 0 amide bonds. The number of rotatable bonds is 2.